The highest BCUT2D eigenvalue weighted by Gasteiger charge is 2.28. The lowest BCUT2D eigenvalue weighted by atomic mass is 9.94. The van der Waals surface area contributed by atoms with E-state index in [0.717, 1.165) is 52.5 Å². The van der Waals surface area contributed by atoms with E-state index in [1.165, 1.54) is 17.0 Å². The maximum atomic E-state index is 12.9. The topological polar surface area (TPSA) is 61.9 Å². The van der Waals surface area contributed by atoms with Gasteiger partial charge in [-0.05, 0) is 44.9 Å². The zero-order valence-electron chi connectivity index (χ0n) is 13.9. The van der Waals surface area contributed by atoms with Crippen LogP contribution in [0.5, 0.6) is 0 Å². The minimum Gasteiger partial charge on any atom is -0.343 e. The first-order valence-electron chi connectivity index (χ1n) is 8.29. The molecule has 6 heteroatoms. The summed E-state index contributed by atoms with van der Waals surface area (Å²) in [5.41, 5.74) is 2.95. The summed E-state index contributed by atoms with van der Waals surface area (Å²) >= 11 is 1.50. The number of piperidine rings is 1. The van der Waals surface area contributed by atoms with Crippen molar-refractivity contribution < 1.29 is 4.79 Å². The van der Waals surface area contributed by atoms with Crippen LogP contribution in [0, 0.1) is 13.8 Å². The van der Waals surface area contributed by atoms with Gasteiger partial charge in [-0.3, -0.25) is 4.79 Å². The van der Waals surface area contributed by atoms with Gasteiger partial charge in [0.05, 0.1) is 10.7 Å². The van der Waals surface area contributed by atoms with Crippen LogP contribution in [0.3, 0.4) is 0 Å². The molecule has 1 aliphatic heterocycles. The molecule has 0 spiro atoms. The molecule has 4 rings (SSSR count). The summed E-state index contributed by atoms with van der Waals surface area (Å²) in [5.74, 6) is 0.461. The van der Waals surface area contributed by atoms with Crippen LogP contribution in [0.15, 0.2) is 24.4 Å². The maximum Gasteiger partial charge on any atom is 0.265 e. The molecule has 1 saturated heterocycles. The highest BCUT2D eigenvalue weighted by Crippen LogP contribution is 2.30. The lowest BCUT2D eigenvalue weighted by molar-refractivity contribution is 0.0710. The molecular formula is C18H20N4OS. The Labute approximate surface area is 144 Å². The van der Waals surface area contributed by atoms with Crippen molar-refractivity contribution in [2.75, 3.05) is 13.1 Å². The van der Waals surface area contributed by atoms with Gasteiger partial charge in [0.25, 0.3) is 5.91 Å². The van der Waals surface area contributed by atoms with Gasteiger partial charge in [-0.25, -0.2) is 9.97 Å². The molecule has 3 aromatic rings. The fourth-order valence-electron chi connectivity index (χ4n) is 3.49. The summed E-state index contributed by atoms with van der Waals surface area (Å²) in [6.45, 7) is 5.44. The molecule has 0 bridgehead atoms. The summed E-state index contributed by atoms with van der Waals surface area (Å²) < 4.78 is 0. The number of thiazole rings is 1. The molecule has 4 heterocycles. The molecule has 1 aliphatic rings. The minimum absolute atomic E-state index is 0.122. The number of hydrogen-bond acceptors (Lipinski definition) is 4. The number of hydrogen-bond donors (Lipinski definition) is 1. The van der Waals surface area contributed by atoms with E-state index in [4.69, 9.17) is 0 Å². The number of nitrogens with one attached hydrogen (secondary N) is 1. The van der Waals surface area contributed by atoms with Crippen molar-refractivity contribution in [1.82, 2.24) is 19.9 Å². The summed E-state index contributed by atoms with van der Waals surface area (Å²) in [4.78, 5) is 27.8. The molecule has 0 radical (unpaired) electrons. The monoisotopic (exact) mass is 340 g/mol. The summed E-state index contributed by atoms with van der Waals surface area (Å²) in [6, 6.07) is 6.19. The van der Waals surface area contributed by atoms with Crippen molar-refractivity contribution >= 4 is 28.3 Å². The van der Waals surface area contributed by atoms with Gasteiger partial charge in [0, 0.05) is 36.3 Å². The fraction of sp³-hybridized carbons (Fsp3) is 0.389. The number of fused-ring (bicyclic) bond motifs is 1. The van der Waals surface area contributed by atoms with Crippen molar-refractivity contribution in [3.8, 4) is 0 Å². The van der Waals surface area contributed by atoms with Crippen molar-refractivity contribution in [1.29, 1.82) is 0 Å². The minimum atomic E-state index is 0.122. The quantitative estimate of drug-likeness (QED) is 0.774. The van der Waals surface area contributed by atoms with Gasteiger partial charge in [-0.1, -0.05) is 0 Å². The Morgan fingerprint density at radius 1 is 1.42 bits per heavy atom. The molecule has 3 aromatic heterocycles. The van der Waals surface area contributed by atoms with Gasteiger partial charge in [0.2, 0.25) is 0 Å². The SMILES string of the molecule is Cc1nc(C)c(C(=O)N2CCC[C@@H](c3cc4cccnc4[nH]3)C2)s1. The third-order valence-corrected chi connectivity index (χ3v) is 5.72. The Morgan fingerprint density at radius 2 is 2.29 bits per heavy atom. The molecule has 1 N–H and O–H groups in total. The summed E-state index contributed by atoms with van der Waals surface area (Å²) in [6.07, 6.45) is 3.92. The van der Waals surface area contributed by atoms with E-state index in [1.807, 2.05) is 24.8 Å². The maximum absolute atomic E-state index is 12.9. The number of aromatic nitrogens is 3. The highest BCUT2D eigenvalue weighted by molar-refractivity contribution is 7.13. The standard InChI is InChI=1S/C18H20N4OS/c1-11-16(24-12(2)20-11)18(23)22-8-4-6-14(10-22)15-9-13-5-3-7-19-17(13)21-15/h3,5,7,9,14H,4,6,8,10H2,1-2H3,(H,19,21)/t14-/m1/s1. The van der Waals surface area contributed by atoms with Crippen LogP contribution in [0.4, 0.5) is 0 Å². The number of carbonyl (C=O) groups excluding carboxylic acids is 1. The Morgan fingerprint density at radius 3 is 3.04 bits per heavy atom. The van der Waals surface area contributed by atoms with Crippen LogP contribution >= 0.6 is 11.3 Å². The van der Waals surface area contributed by atoms with Gasteiger partial charge in [-0.2, -0.15) is 0 Å². The lowest BCUT2D eigenvalue weighted by Crippen LogP contribution is -2.39. The van der Waals surface area contributed by atoms with Crippen molar-refractivity contribution in [3.05, 3.63) is 45.7 Å². The first-order chi connectivity index (χ1) is 11.6. The zero-order chi connectivity index (χ0) is 16.7. The molecular weight excluding hydrogens is 320 g/mol. The number of carbonyl (C=O) groups is 1. The molecule has 24 heavy (non-hydrogen) atoms. The first-order valence-corrected chi connectivity index (χ1v) is 9.10. The van der Waals surface area contributed by atoms with Gasteiger partial charge >= 0.3 is 0 Å². The van der Waals surface area contributed by atoms with E-state index >= 15 is 0 Å². The molecule has 0 saturated carbocycles. The Balaban J connectivity index is 1.57. The van der Waals surface area contributed by atoms with Crippen LogP contribution in [0.2, 0.25) is 0 Å². The number of likely N-dealkylation sites (tertiary alicyclic amines) is 1. The molecule has 0 unspecified atom stereocenters. The van der Waals surface area contributed by atoms with Crippen LogP contribution in [-0.2, 0) is 0 Å². The van der Waals surface area contributed by atoms with Crippen molar-refractivity contribution in [2.24, 2.45) is 0 Å². The predicted molar refractivity (Wildman–Crippen MR) is 95.6 cm³/mol. The first kappa shape index (κ1) is 15.3. The number of rotatable bonds is 2. The summed E-state index contributed by atoms with van der Waals surface area (Å²) in [5, 5.41) is 2.08. The predicted octanol–water partition coefficient (Wildman–Crippen LogP) is 3.66. The number of amides is 1. The van der Waals surface area contributed by atoms with E-state index in [1.54, 1.807) is 6.20 Å². The van der Waals surface area contributed by atoms with Crippen molar-refractivity contribution in [2.45, 2.75) is 32.6 Å². The van der Waals surface area contributed by atoms with Crippen LogP contribution in [-0.4, -0.2) is 38.8 Å². The molecule has 0 aromatic carbocycles. The fourth-order valence-corrected chi connectivity index (χ4v) is 4.38. The van der Waals surface area contributed by atoms with E-state index in [-0.39, 0.29) is 5.91 Å². The van der Waals surface area contributed by atoms with Crippen LogP contribution in [0.1, 0.15) is 44.8 Å². The third-order valence-electron chi connectivity index (χ3n) is 4.66. The number of H-pyrrole nitrogens is 1. The van der Waals surface area contributed by atoms with Gasteiger partial charge in [-0.15, -0.1) is 11.3 Å². The molecule has 124 valence electrons. The molecule has 1 amide bonds. The van der Waals surface area contributed by atoms with Gasteiger partial charge in [0.15, 0.2) is 0 Å². The number of aromatic amines is 1. The second-order valence-electron chi connectivity index (χ2n) is 6.40. The van der Waals surface area contributed by atoms with E-state index in [9.17, 15) is 4.79 Å². The Hall–Kier alpha value is -2.21. The second kappa shape index (κ2) is 6.02. The van der Waals surface area contributed by atoms with Crippen LogP contribution < -0.4 is 0 Å². The zero-order valence-corrected chi connectivity index (χ0v) is 14.7. The van der Waals surface area contributed by atoms with E-state index in [2.05, 4.69) is 27.1 Å². The molecule has 1 fully saturated rings. The number of aryl methyl sites for hydroxylation is 2. The smallest absolute Gasteiger partial charge is 0.265 e. The van der Waals surface area contributed by atoms with E-state index in [0.29, 0.717) is 5.92 Å². The van der Waals surface area contributed by atoms with E-state index < -0.39 is 0 Å². The van der Waals surface area contributed by atoms with Crippen LogP contribution in [0.25, 0.3) is 11.0 Å². The molecule has 0 aliphatic carbocycles. The average molecular weight is 340 g/mol. The number of nitrogens with zero attached hydrogens (tertiary/aromatic N) is 3. The highest BCUT2D eigenvalue weighted by atomic mass is 32.1. The Kier molecular flexibility index (Phi) is 3.84. The Bertz CT molecular complexity index is 864. The average Bonchev–Trinajstić information content (AvgIpc) is 3.17. The van der Waals surface area contributed by atoms with Crippen molar-refractivity contribution in [3.63, 3.8) is 0 Å². The third kappa shape index (κ3) is 2.71. The molecule has 5 nitrogen and oxygen atoms in total. The normalized spacial score (nSPS) is 18.2. The lowest BCUT2D eigenvalue weighted by Gasteiger charge is -2.32. The van der Waals surface area contributed by atoms with Gasteiger partial charge < -0.3 is 9.88 Å². The summed E-state index contributed by atoms with van der Waals surface area (Å²) in [7, 11) is 0. The van der Waals surface area contributed by atoms with Gasteiger partial charge in [0.1, 0.15) is 10.5 Å². The largest absolute Gasteiger partial charge is 0.343 e. The number of pyridine rings is 1. The molecule has 1 atom stereocenters. The second-order valence-corrected chi connectivity index (χ2v) is 7.61.